The van der Waals surface area contributed by atoms with E-state index in [0.29, 0.717) is 16.7 Å². The third-order valence-electron chi connectivity index (χ3n) is 5.26. The number of amides is 2. The third kappa shape index (κ3) is 4.06. The van der Waals surface area contributed by atoms with Crippen molar-refractivity contribution in [2.75, 3.05) is 11.9 Å². The molecular formula is C22H23N3O3. The van der Waals surface area contributed by atoms with Crippen LogP contribution in [0, 0.1) is 0 Å². The number of hydrogen-bond donors (Lipinski definition) is 1. The molecule has 1 N–H and O–H groups in total. The molecule has 144 valence electrons. The molecule has 3 heterocycles. The molecule has 1 aromatic carbocycles. The topological polar surface area (TPSA) is 75.4 Å². The summed E-state index contributed by atoms with van der Waals surface area (Å²) < 4.78 is 5.33. The van der Waals surface area contributed by atoms with Crippen LogP contribution in [0.1, 0.15) is 31.4 Å². The molecule has 2 amide bonds. The highest BCUT2D eigenvalue weighted by Crippen LogP contribution is 2.23. The summed E-state index contributed by atoms with van der Waals surface area (Å²) in [6.45, 7) is 0.744. The van der Waals surface area contributed by atoms with E-state index in [0.717, 1.165) is 44.3 Å². The molecule has 4 rings (SSSR count). The zero-order chi connectivity index (χ0) is 19.3. The fraction of sp³-hybridized carbons (Fsp3) is 0.318. The van der Waals surface area contributed by atoms with E-state index in [9.17, 15) is 9.59 Å². The zero-order valence-corrected chi connectivity index (χ0v) is 15.6. The fourth-order valence-corrected chi connectivity index (χ4v) is 3.79. The third-order valence-corrected chi connectivity index (χ3v) is 5.26. The molecule has 1 aliphatic heterocycles. The van der Waals surface area contributed by atoms with E-state index < -0.39 is 0 Å². The van der Waals surface area contributed by atoms with Gasteiger partial charge in [0.1, 0.15) is 5.58 Å². The Morgan fingerprint density at radius 1 is 1.21 bits per heavy atom. The standard InChI is InChI=1S/C22H23N3O3/c26-20-11-14-28-21-10-8-17(15-19(20)21)24-22(27)25-13-4-2-6-18(25)9-7-16-5-1-3-12-23-16/h1,3,5,8,10-12,14-15,18H,2,4,6-7,9,13H2,(H,24,27)/t18-/m1/s1. The highest BCUT2D eigenvalue weighted by Gasteiger charge is 2.26. The summed E-state index contributed by atoms with van der Waals surface area (Å²) in [7, 11) is 0. The second-order valence-corrected chi connectivity index (χ2v) is 7.13. The molecule has 2 aromatic heterocycles. The molecule has 0 saturated carbocycles. The van der Waals surface area contributed by atoms with Crippen LogP contribution in [0.25, 0.3) is 11.0 Å². The number of likely N-dealkylation sites (tertiary alicyclic amines) is 1. The van der Waals surface area contributed by atoms with Gasteiger partial charge >= 0.3 is 6.03 Å². The lowest BCUT2D eigenvalue weighted by molar-refractivity contribution is 0.158. The Morgan fingerprint density at radius 2 is 2.14 bits per heavy atom. The minimum absolute atomic E-state index is 0.120. The van der Waals surface area contributed by atoms with Crippen molar-refractivity contribution in [1.29, 1.82) is 0 Å². The Labute approximate surface area is 163 Å². The first kappa shape index (κ1) is 18.2. The number of carbonyl (C=O) groups excluding carboxylic acids is 1. The van der Waals surface area contributed by atoms with Gasteiger partial charge in [-0.2, -0.15) is 0 Å². The first-order valence-corrected chi connectivity index (χ1v) is 9.70. The highest BCUT2D eigenvalue weighted by atomic mass is 16.3. The van der Waals surface area contributed by atoms with E-state index >= 15 is 0 Å². The van der Waals surface area contributed by atoms with E-state index in [1.54, 1.807) is 24.4 Å². The minimum Gasteiger partial charge on any atom is -0.464 e. The second kappa shape index (κ2) is 8.25. The van der Waals surface area contributed by atoms with E-state index in [1.165, 1.54) is 12.3 Å². The summed E-state index contributed by atoms with van der Waals surface area (Å²) in [6, 6.07) is 12.5. The Balaban J connectivity index is 1.46. The molecule has 0 bridgehead atoms. The monoisotopic (exact) mass is 377 g/mol. The molecule has 6 heteroatoms. The average Bonchev–Trinajstić information content (AvgIpc) is 2.74. The Hall–Kier alpha value is -3.15. The molecule has 1 fully saturated rings. The lowest BCUT2D eigenvalue weighted by atomic mass is 9.97. The number of piperidine rings is 1. The van der Waals surface area contributed by atoms with Crippen LogP contribution in [0.5, 0.6) is 0 Å². The number of nitrogens with zero attached hydrogens (tertiary/aromatic N) is 2. The fourth-order valence-electron chi connectivity index (χ4n) is 3.79. The van der Waals surface area contributed by atoms with Gasteiger partial charge in [0.25, 0.3) is 0 Å². The summed E-state index contributed by atoms with van der Waals surface area (Å²) in [5, 5.41) is 3.41. The van der Waals surface area contributed by atoms with Crippen LogP contribution in [-0.4, -0.2) is 28.5 Å². The van der Waals surface area contributed by atoms with E-state index in [2.05, 4.69) is 10.3 Å². The maximum absolute atomic E-state index is 12.9. The van der Waals surface area contributed by atoms with Crippen LogP contribution in [0.4, 0.5) is 10.5 Å². The SMILES string of the molecule is O=C(Nc1ccc2occc(=O)c2c1)N1CCCC[C@@H]1CCc1ccccn1. The van der Waals surface area contributed by atoms with E-state index in [-0.39, 0.29) is 17.5 Å². The number of aryl methyl sites for hydroxylation is 1. The largest absolute Gasteiger partial charge is 0.464 e. The van der Waals surface area contributed by atoms with Gasteiger partial charge in [0.15, 0.2) is 5.43 Å². The molecule has 1 saturated heterocycles. The summed E-state index contributed by atoms with van der Waals surface area (Å²) in [4.78, 5) is 31.2. The van der Waals surface area contributed by atoms with Gasteiger partial charge in [-0.25, -0.2) is 4.79 Å². The van der Waals surface area contributed by atoms with Crippen LogP contribution in [0.15, 0.2) is 64.1 Å². The van der Waals surface area contributed by atoms with Crippen molar-refractivity contribution in [2.45, 2.75) is 38.1 Å². The highest BCUT2D eigenvalue weighted by molar-refractivity contribution is 5.92. The average molecular weight is 377 g/mol. The number of urea groups is 1. The first-order chi connectivity index (χ1) is 13.7. The smallest absolute Gasteiger partial charge is 0.322 e. The summed E-state index contributed by atoms with van der Waals surface area (Å²) in [5.74, 6) is 0. The van der Waals surface area contributed by atoms with E-state index in [1.807, 2.05) is 23.1 Å². The van der Waals surface area contributed by atoms with Crippen LogP contribution in [-0.2, 0) is 6.42 Å². The minimum atomic E-state index is -0.122. The van der Waals surface area contributed by atoms with Crippen molar-refractivity contribution in [3.63, 3.8) is 0 Å². The Morgan fingerprint density at radius 3 is 3.00 bits per heavy atom. The summed E-state index contributed by atoms with van der Waals surface area (Å²) >= 11 is 0. The first-order valence-electron chi connectivity index (χ1n) is 9.70. The maximum Gasteiger partial charge on any atom is 0.322 e. The van der Waals surface area contributed by atoms with Gasteiger partial charge < -0.3 is 14.6 Å². The quantitative estimate of drug-likeness (QED) is 0.739. The second-order valence-electron chi connectivity index (χ2n) is 7.13. The normalized spacial score (nSPS) is 16.9. The molecular weight excluding hydrogens is 354 g/mol. The van der Waals surface area contributed by atoms with Gasteiger partial charge in [0.2, 0.25) is 0 Å². The number of hydrogen-bond acceptors (Lipinski definition) is 4. The number of fused-ring (bicyclic) bond motifs is 1. The lowest BCUT2D eigenvalue weighted by Gasteiger charge is -2.35. The summed E-state index contributed by atoms with van der Waals surface area (Å²) in [5.41, 5.74) is 2.04. The lowest BCUT2D eigenvalue weighted by Crippen LogP contribution is -2.46. The van der Waals surface area contributed by atoms with E-state index in [4.69, 9.17) is 4.42 Å². The zero-order valence-electron chi connectivity index (χ0n) is 15.6. The van der Waals surface area contributed by atoms with Gasteiger partial charge in [0.05, 0.1) is 11.6 Å². The number of benzene rings is 1. The van der Waals surface area contributed by atoms with Crippen molar-refractivity contribution in [3.8, 4) is 0 Å². The predicted octanol–water partition coefficient (Wildman–Crippen LogP) is 4.21. The van der Waals surface area contributed by atoms with Gasteiger partial charge in [0, 0.05) is 36.2 Å². The number of rotatable bonds is 4. The van der Waals surface area contributed by atoms with Crippen LogP contribution in [0.3, 0.4) is 0 Å². The molecule has 28 heavy (non-hydrogen) atoms. The molecule has 0 spiro atoms. The van der Waals surface area contributed by atoms with Crippen LogP contribution >= 0.6 is 0 Å². The van der Waals surface area contributed by atoms with Crippen molar-refractivity contribution in [3.05, 3.63) is 70.8 Å². The van der Waals surface area contributed by atoms with Crippen molar-refractivity contribution in [1.82, 2.24) is 9.88 Å². The number of carbonyl (C=O) groups is 1. The van der Waals surface area contributed by atoms with Gasteiger partial charge in [-0.15, -0.1) is 0 Å². The van der Waals surface area contributed by atoms with Gasteiger partial charge in [-0.05, 0) is 62.4 Å². The number of aromatic nitrogens is 1. The maximum atomic E-state index is 12.9. The molecule has 0 aliphatic carbocycles. The number of nitrogens with one attached hydrogen (secondary N) is 1. The molecule has 3 aromatic rings. The van der Waals surface area contributed by atoms with Crippen molar-refractivity contribution >= 4 is 22.7 Å². The molecule has 0 unspecified atom stereocenters. The van der Waals surface area contributed by atoms with Crippen LogP contribution < -0.4 is 10.7 Å². The molecule has 1 aliphatic rings. The molecule has 1 atom stereocenters. The number of anilines is 1. The van der Waals surface area contributed by atoms with Gasteiger partial charge in [-0.1, -0.05) is 6.07 Å². The molecule has 6 nitrogen and oxygen atoms in total. The Kier molecular flexibility index (Phi) is 5.37. The summed E-state index contributed by atoms with van der Waals surface area (Å²) in [6.07, 6.45) is 8.07. The molecule has 0 radical (unpaired) electrons. The van der Waals surface area contributed by atoms with Crippen LogP contribution in [0.2, 0.25) is 0 Å². The predicted molar refractivity (Wildman–Crippen MR) is 108 cm³/mol. The Bertz CT molecular complexity index is 1020. The van der Waals surface area contributed by atoms with Crippen molar-refractivity contribution in [2.24, 2.45) is 0 Å². The van der Waals surface area contributed by atoms with Gasteiger partial charge in [-0.3, -0.25) is 9.78 Å². The van der Waals surface area contributed by atoms with Crippen molar-refractivity contribution < 1.29 is 9.21 Å². The number of pyridine rings is 1.